The van der Waals surface area contributed by atoms with Crippen LogP contribution in [0.2, 0.25) is 0 Å². The Labute approximate surface area is 114 Å². The number of H-pyrrole nitrogens is 1. The van der Waals surface area contributed by atoms with Crippen LogP contribution >= 0.6 is 0 Å². The van der Waals surface area contributed by atoms with Crippen LogP contribution in [-0.2, 0) is 6.42 Å². The molecule has 4 N–H and O–H groups in total. The van der Waals surface area contributed by atoms with Crippen LogP contribution in [0.4, 0.5) is 5.69 Å². The molecule has 1 heterocycles. The fraction of sp³-hybridized carbons (Fsp3) is 0.714. The molecule has 1 aromatic heterocycles. The second kappa shape index (κ2) is 6.08. The zero-order valence-corrected chi connectivity index (χ0v) is 11.8. The Morgan fingerprint density at radius 1 is 1.53 bits per heavy atom. The second-order valence-corrected chi connectivity index (χ2v) is 5.59. The van der Waals surface area contributed by atoms with E-state index in [2.05, 4.69) is 29.4 Å². The van der Waals surface area contributed by atoms with E-state index in [4.69, 9.17) is 5.73 Å². The molecule has 106 valence electrons. The van der Waals surface area contributed by atoms with Gasteiger partial charge in [-0.25, -0.2) is 0 Å². The molecular weight excluding hydrogens is 240 g/mol. The largest absolute Gasteiger partial charge is 0.395 e. The highest BCUT2D eigenvalue weighted by molar-refractivity contribution is 5.97. The number of nitrogen functional groups attached to an aromatic ring is 1. The van der Waals surface area contributed by atoms with E-state index in [1.54, 1.807) is 0 Å². The Morgan fingerprint density at radius 3 is 2.95 bits per heavy atom. The third-order valence-corrected chi connectivity index (χ3v) is 4.16. The Kier molecular flexibility index (Phi) is 4.45. The molecule has 0 spiro atoms. The van der Waals surface area contributed by atoms with Gasteiger partial charge in [0.15, 0.2) is 5.69 Å². The first kappa shape index (κ1) is 13.9. The molecular formula is C14H24N4O. The number of carbonyl (C=O) groups excluding carboxylic acids is 1. The van der Waals surface area contributed by atoms with Gasteiger partial charge in [-0.1, -0.05) is 33.1 Å². The van der Waals surface area contributed by atoms with Crippen molar-refractivity contribution >= 4 is 11.6 Å². The summed E-state index contributed by atoms with van der Waals surface area (Å²) in [6.07, 6.45) is 5.55. The summed E-state index contributed by atoms with van der Waals surface area (Å²) < 4.78 is 0. The van der Waals surface area contributed by atoms with Gasteiger partial charge in [-0.3, -0.25) is 9.89 Å². The molecule has 2 atom stereocenters. The number of rotatable bonds is 5. The lowest BCUT2D eigenvalue weighted by atomic mass is 9.98. The lowest BCUT2D eigenvalue weighted by Gasteiger charge is -2.15. The molecule has 1 saturated carbocycles. The molecule has 0 radical (unpaired) electrons. The first-order chi connectivity index (χ1) is 9.13. The summed E-state index contributed by atoms with van der Waals surface area (Å²) in [6.45, 7) is 5.06. The minimum absolute atomic E-state index is 0.157. The monoisotopic (exact) mass is 264 g/mol. The number of anilines is 1. The number of nitrogens with zero attached hydrogens (tertiary/aromatic N) is 1. The van der Waals surface area contributed by atoms with E-state index in [1.807, 2.05) is 0 Å². The maximum atomic E-state index is 12.1. The molecule has 1 aliphatic rings. The average molecular weight is 264 g/mol. The number of carbonyl (C=O) groups is 1. The van der Waals surface area contributed by atoms with Crippen molar-refractivity contribution in [2.75, 3.05) is 12.3 Å². The number of hydrogen-bond acceptors (Lipinski definition) is 3. The zero-order valence-electron chi connectivity index (χ0n) is 11.8. The highest BCUT2D eigenvalue weighted by Gasteiger charge is 2.24. The van der Waals surface area contributed by atoms with Crippen molar-refractivity contribution in [2.24, 2.45) is 11.8 Å². The first-order valence-corrected chi connectivity index (χ1v) is 7.24. The molecule has 1 amide bonds. The van der Waals surface area contributed by atoms with Crippen LogP contribution < -0.4 is 11.1 Å². The van der Waals surface area contributed by atoms with Crippen molar-refractivity contribution in [1.82, 2.24) is 15.5 Å². The van der Waals surface area contributed by atoms with Gasteiger partial charge in [-0.15, -0.1) is 0 Å². The van der Waals surface area contributed by atoms with Crippen LogP contribution in [0, 0.1) is 11.8 Å². The van der Waals surface area contributed by atoms with Gasteiger partial charge in [0.1, 0.15) is 0 Å². The van der Waals surface area contributed by atoms with Crippen LogP contribution in [0.3, 0.4) is 0 Å². The van der Waals surface area contributed by atoms with E-state index >= 15 is 0 Å². The van der Waals surface area contributed by atoms with Crippen LogP contribution in [0.15, 0.2) is 0 Å². The fourth-order valence-corrected chi connectivity index (χ4v) is 2.83. The van der Waals surface area contributed by atoms with Crippen molar-refractivity contribution in [3.63, 3.8) is 0 Å². The van der Waals surface area contributed by atoms with Crippen molar-refractivity contribution in [1.29, 1.82) is 0 Å². The molecule has 1 aliphatic carbocycles. The molecule has 5 heteroatoms. The summed E-state index contributed by atoms with van der Waals surface area (Å²) in [5.74, 6) is 1.14. The summed E-state index contributed by atoms with van der Waals surface area (Å²) in [4.78, 5) is 12.1. The summed E-state index contributed by atoms with van der Waals surface area (Å²) in [5.41, 5.74) is 7.65. The fourth-order valence-electron chi connectivity index (χ4n) is 2.83. The summed E-state index contributed by atoms with van der Waals surface area (Å²) in [5, 5.41) is 9.86. The molecule has 1 fully saturated rings. The number of amides is 1. The number of aromatic amines is 1. The lowest BCUT2D eigenvalue weighted by Crippen LogP contribution is -2.31. The minimum atomic E-state index is -0.157. The van der Waals surface area contributed by atoms with E-state index in [0.717, 1.165) is 25.1 Å². The Balaban J connectivity index is 1.92. The van der Waals surface area contributed by atoms with Crippen LogP contribution in [0.5, 0.6) is 0 Å². The maximum absolute atomic E-state index is 12.1. The molecule has 0 aromatic carbocycles. The molecule has 1 aromatic rings. The average Bonchev–Trinajstić information content (AvgIpc) is 2.95. The lowest BCUT2D eigenvalue weighted by molar-refractivity contribution is 0.0940. The predicted octanol–water partition coefficient (Wildman–Crippen LogP) is 2.11. The smallest absolute Gasteiger partial charge is 0.273 e. The van der Waals surface area contributed by atoms with Gasteiger partial charge < -0.3 is 11.1 Å². The molecule has 19 heavy (non-hydrogen) atoms. The third-order valence-electron chi connectivity index (χ3n) is 4.16. The zero-order chi connectivity index (χ0) is 13.8. The Morgan fingerprint density at radius 2 is 2.32 bits per heavy atom. The second-order valence-electron chi connectivity index (χ2n) is 5.59. The standard InChI is InChI=1S/C14H24N4O/c1-3-5-11-12(15)13(18-17-11)14(19)16-8-10-7-4-6-9(10)2/h9-10H,3-8,15H2,1-2H3,(H,16,19)(H,17,18). The summed E-state index contributed by atoms with van der Waals surface area (Å²) >= 11 is 0. The van der Waals surface area contributed by atoms with Crippen molar-refractivity contribution < 1.29 is 4.79 Å². The van der Waals surface area contributed by atoms with E-state index < -0.39 is 0 Å². The predicted molar refractivity (Wildman–Crippen MR) is 75.8 cm³/mol. The van der Waals surface area contributed by atoms with Gasteiger partial charge in [0, 0.05) is 6.54 Å². The normalized spacial score (nSPS) is 22.6. The molecule has 5 nitrogen and oxygen atoms in total. The van der Waals surface area contributed by atoms with E-state index in [0.29, 0.717) is 23.2 Å². The van der Waals surface area contributed by atoms with E-state index in [-0.39, 0.29) is 5.91 Å². The SMILES string of the molecule is CCCc1[nH]nc(C(=O)NCC2CCCC2C)c1N. The van der Waals surface area contributed by atoms with Gasteiger partial charge in [0.05, 0.1) is 11.4 Å². The molecule has 2 rings (SSSR count). The topological polar surface area (TPSA) is 83.8 Å². The number of aryl methyl sites for hydroxylation is 1. The van der Waals surface area contributed by atoms with Crippen LogP contribution in [0.1, 0.15) is 55.7 Å². The van der Waals surface area contributed by atoms with Gasteiger partial charge in [-0.05, 0) is 24.7 Å². The molecule has 0 aliphatic heterocycles. The summed E-state index contributed by atoms with van der Waals surface area (Å²) in [7, 11) is 0. The Bertz CT molecular complexity index is 441. The van der Waals surface area contributed by atoms with Crippen LogP contribution in [0.25, 0.3) is 0 Å². The first-order valence-electron chi connectivity index (χ1n) is 7.24. The Hall–Kier alpha value is -1.52. The van der Waals surface area contributed by atoms with Gasteiger partial charge in [0.2, 0.25) is 0 Å². The van der Waals surface area contributed by atoms with Gasteiger partial charge in [-0.2, -0.15) is 5.10 Å². The third kappa shape index (κ3) is 3.08. The van der Waals surface area contributed by atoms with E-state index in [1.165, 1.54) is 19.3 Å². The maximum Gasteiger partial charge on any atom is 0.273 e. The van der Waals surface area contributed by atoms with Crippen molar-refractivity contribution in [2.45, 2.75) is 46.0 Å². The van der Waals surface area contributed by atoms with E-state index in [9.17, 15) is 4.79 Å². The summed E-state index contributed by atoms with van der Waals surface area (Å²) in [6, 6.07) is 0. The van der Waals surface area contributed by atoms with Gasteiger partial charge >= 0.3 is 0 Å². The quantitative estimate of drug-likeness (QED) is 0.761. The number of hydrogen-bond donors (Lipinski definition) is 3. The van der Waals surface area contributed by atoms with Crippen LogP contribution in [-0.4, -0.2) is 22.6 Å². The number of nitrogens with two attached hydrogens (primary N) is 1. The molecule has 2 unspecified atom stereocenters. The highest BCUT2D eigenvalue weighted by Crippen LogP contribution is 2.30. The van der Waals surface area contributed by atoms with Crippen molar-refractivity contribution in [3.05, 3.63) is 11.4 Å². The number of aromatic nitrogens is 2. The molecule has 0 bridgehead atoms. The number of nitrogens with one attached hydrogen (secondary N) is 2. The van der Waals surface area contributed by atoms with Crippen molar-refractivity contribution in [3.8, 4) is 0 Å². The minimum Gasteiger partial charge on any atom is -0.395 e. The van der Waals surface area contributed by atoms with Gasteiger partial charge in [0.25, 0.3) is 5.91 Å². The highest BCUT2D eigenvalue weighted by atomic mass is 16.1. The molecule has 0 saturated heterocycles.